The van der Waals surface area contributed by atoms with Crippen LogP contribution in [0.2, 0.25) is 0 Å². The van der Waals surface area contributed by atoms with E-state index in [1.807, 2.05) is 0 Å². The Bertz CT molecular complexity index is 792. The van der Waals surface area contributed by atoms with E-state index >= 15 is 0 Å². The molecule has 0 saturated carbocycles. The van der Waals surface area contributed by atoms with Gasteiger partial charge >= 0.3 is 29.6 Å². The molecule has 1 aromatic heterocycles. The van der Waals surface area contributed by atoms with Gasteiger partial charge in [-0.05, 0) is 28.1 Å². The molecule has 0 aliphatic carbocycles. The van der Waals surface area contributed by atoms with Crippen molar-refractivity contribution in [3.63, 3.8) is 0 Å². The molecule has 154 valence electrons. The third-order valence-corrected chi connectivity index (χ3v) is 5.61. The quantitative estimate of drug-likeness (QED) is 0.236. The smallest absolute Gasteiger partial charge is 0.546 e. The molecule has 0 bridgehead atoms. The fourth-order valence-corrected chi connectivity index (χ4v) is 3.10. The Hall–Kier alpha value is -0.480. The molecule has 3 rings (SSSR count). The number of H-pyrrole nitrogens is 1. The number of aromatic nitrogens is 1. The molecule has 1 fully saturated rings. The van der Waals surface area contributed by atoms with E-state index in [9.17, 15) is 25.2 Å². The minimum atomic E-state index is -2.88. The van der Waals surface area contributed by atoms with Crippen LogP contribution in [0.1, 0.15) is 0 Å². The van der Waals surface area contributed by atoms with Crippen molar-refractivity contribution in [1.82, 2.24) is 4.98 Å². The Morgan fingerprint density at radius 1 is 1.29 bits per heavy atom. The van der Waals surface area contributed by atoms with E-state index in [2.05, 4.69) is 20.9 Å². The number of ether oxygens (including phenoxy) is 2. The molecule has 10 N–H and O–H groups in total. The summed E-state index contributed by atoms with van der Waals surface area (Å²) in [6, 6.07) is 7.06. The first-order valence-corrected chi connectivity index (χ1v) is 7.94. The molecule has 28 heavy (non-hydrogen) atoms. The van der Waals surface area contributed by atoms with Crippen molar-refractivity contribution in [3.05, 3.63) is 30.5 Å². The summed E-state index contributed by atoms with van der Waals surface area (Å²) in [5.74, 6) is -1.70. The van der Waals surface area contributed by atoms with Crippen LogP contribution in [0, 0.1) is 0 Å². The first kappa shape index (κ1) is 29.7. The maximum atomic E-state index is 11.3. The van der Waals surface area contributed by atoms with Crippen LogP contribution >= 0.6 is 27.5 Å². The maximum Gasteiger partial charge on any atom is 1.00 e. The molecule has 1 saturated heterocycles. The van der Waals surface area contributed by atoms with Gasteiger partial charge in [0.25, 0.3) is 0 Å². The predicted octanol–water partition coefficient (Wildman–Crippen LogP) is -6.08. The van der Waals surface area contributed by atoms with Gasteiger partial charge in [0.1, 0.15) is 18.0 Å². The summed E-state index contributed by atoms with van der Waals surface area (Å²) in [6.45, 7) is 0. The van der Waals surface area contributed by atoms with E-state index < -0.39 is 34.0 Å². The molecule has 1 aliphatic rings. The van der Waals surface area contributed by atoms with Gasteiger partial charge in [0.2, 0.25) is 15.9 Å². The normalized spacial score (nSPS) is 31.4. The number of alkyl halides is 2. The van der Waals surface area contributed by atoms with Gasteiger partial charge in [0.15, 0.2) is 0 Å². The number of carboxylic acid groups (broad SMARTS) is 1. The van der Waals surface area contributed by atoms with Gasteiger partial charge in [-0.3, -0.25) is 0 Å². The summed E-state index contributed by atoms with van der Waals surface area (Å²) >= 11 is 8.27. The van der Waals surface area contributed by atoms with Gasteiger partial charge in [-0.2, -0.15) is 0 Å². The van der Waals surface area contributed by atoms with Crippen LogP contribution < -0.4 is 39.4 Å². The minimum absolute atomic E-state index is 0. The molecular weight excluding hydrogens is 480 g/mol. The van der Waals surface area contributed by atoms with Crippen molar-refractivity contribution in [1.29, 1.82) is 0 Å². The number of aliphatic hydroxyl groups excluding tert-OH is 2. The fraction of sp³-hybridized carbons (Fsp3) is 0.357. The molecule has 0 radical (unpaired) electrons. The molecule has 11 nitrogen and oxygen atoms in total. The summed E-state index contributed by atoms with van der Waals surface area (Å²) in [5, 5.41) is 39.2. The van der Waals surface area contributed by atoms with E-state index in [1.54, 1.807) is 24.3 Å². The number of nitrogens with one attached hydrogen (secondary N) is 1. The summed E-state index contributed by atoms with van der Waals surface area (Å²) in [4.78, 5) is 14.2. The van der Waals surface area contributed by atoms with E-state index in [1.165, 1.54) is 6.20 Å². The van der Waals surface area contributed by atoms with Crippen molar-refractivity contribution in [2.75, 3.05) is 0 Å². The van der Waals surface area contributed by atoms with Crippen molar-refractivity contribution in [2.45, 2.75) is 28.1 Å². The molecule has 5 atom stereocenters. The van der Waals surface area contributed by atoms with Crippen LogP contribution in [0.5, 0.6) is 5.75 Å². The van der Waals surface area contributed by atoms with Gasteiger partial charge in [0.05, 0.1) is 5.97 Å². The van der Waals surface area contributed by atoms with E-state index in [4.69, 9.17) is 21.1 Å². The fourth-order valence-electron chi connectivity index (χ4n) is 2.43. The Balaban J connectivity index is 0. The van der Waals surface area contributed by atoms with Crippen LogP contribution in [0.3, 0.4) is 0 Å². The first-order chi connectivity index (χ1) is 11.2. The number of aliphatic hydroxyl groups is 3. The zero-order chi connectivity index (χ0) is 17.7. The average Bonchev–Trinajstić information content (AvgIpc) is 2.94. The van der Waals surface area contributed by atoms with Crippen molar-refractivity contribution in [2.24, 2.45) is 0 Å². The molecular formula is C14H18BrClNNaO10. The standard InChI is InChI=1S/C14H13BrClNO7.Na.3H2O/c15-13(12(20)21)14(16,22)10(19)9(18)11(24-13)23-8-5-17-7-4-2-1-3-6(7)8;;;;/h1-5,9-11,17-19,22H,(H,20,21);;3*1H2/q;+1;;;/p-1/t9-,10-,11-,13-,14+;;;;/m1..../s1. The number of para-hydroxylation sites is 1. The van der Waals surface area contributed by atoms with E-state index in [-0.39, 0.29) is 51.7 Å². The Kier molecular flexibility index (Phi) is 11.2. The van der Waals surface area contributed by atoms with Crippen LogP contribution in [0.4, 0.5) is 0 Å². The zero-order valence-corrected chi connectivity index (χ0v) is 18.7. The molecule has 2 aromatic rings. The number of carbonyl (C=O) groups is 1. The number of carbonyl (C=O) groups excluding carboxylic acids is 1. The first-order valence-electron chi connectivity index (χ1n) is 6.77. The second-order valence-electron chi connectivity index (χ2n) is 5.29. The minimum Gasteiger partial charge on any atom is -0.546 e. The molecule has 14 heteroatoms. The number of fused-ring (bicyclic) bond motifs is 1. The Morgan fingerprint density at radius 2 is 1.86 bits per heavy atom. The van der Waals surface area contributed by atoms with E-state index in [0.717, 1.165) is 5.52 Å². The molecule has 0 amide bonds. The van der Waals surface area contributed by atoms with Crippen LogP contribution in [0.15, 0.2) is 30.5 Å². The summed E-state index contributed by atoms with van der Waals surface area (Å²) in [7, 11) is 0. The molecule has 0 unspecified atom stereocenters. The molecule has 1 aliphatic heterocycles. The number of aromatic amines is 1. The van der Waals surface area contributed by atoms with Crippen molar-refractivity contribution >= 4 is 44.4 Å². The van der Waals surface area contributed by atoms with Crippen LogP contribution in [-0.2, 0) is 9.53 Å². The van der Waals surface area contributed by atoms with Gasteiger partial charge < -0.3 is 56.1 Å². The topological polar surface area (TPSA) is 230 Å². The number of hydrogen-bond acceptors (Lipinski definition) is 7. The maximum absolute atomic E-state index is 11.3. The number of halogens is 2. The molecule has 0 spiro atoms. The summed E-state index contributed by atoms with van der Waals surface area (Å²) < 4.78 is 7.86. The second kappa shape index (κ2) is 10.5. The Labute approximate surface area is 193 Å². The third-order valence-electron chi connectivity index (χ3n) is 3.78. The summed E-state index contributed by atoms with van der Waals surface area (Å²) in [5.41, 5.74) is 0.734. The third kappa shape index (κ3) is 4.64. The molecule has 2 heterocycles. The van der Waals surface area contributed by atoms with Gasteiger partial charge in [-0.1, -0.05) is 23.7 Å². The van der Waals surface area contributed by atoms with E-state index in [0.29, 0.717) is 5.39 Å². The number of benzene rings is 1. The number of carboxylic acids is 1. The predicted molar refractivity (Wildman–Crippen MR) is 94.1 cm³/mol. The second-order valence-corrected chi connectivity index (χ2v) is 6.99. The number of aliphatic carboxylic acids is 1. The SMILES string of the molecule is O.O.O.O=C([O-])[C@@]1(Br)O[C@@H](Oc2c[nH]c3ccccc23)[C@H](O)[C@@H](O)[C@@]1(O)Cl.[Na+]. The zero-order valence-electron chi connectivity index (χ0n) is 14.3. The number of rotatable bonds is 3. The van der Waals surface area contributed by atoms with Gasteiger partial charge in [-0.25, -0.2) is 0 Å². The average molecular weight is 499 g/mol. The summed E-state index contributed by atoms with van der Waals surface area (Å²) in [6.07, 6.45) is -4.09. The van der Waals surface area contributed by atoms with Gasteiger partial charge in [0, 0.05) is 17.1 Å². The monoisotopic (exact) mass is 497 g/mol. The van der Waals surface area contributed by atoms with Crippen molar-refractivity contribution < 1.29 is 80.7 Å². The number of hydrogen-bond donors (Lipinski definition) is 4. The van der Waals surface area contributed by atoms with Gasteiger partial charge in [-0.15, -0.1) is 0 Å². The van der Waals surface area contributed by atoms with Crippen LogP contribution in [-0.4, -0.2) is 70.8 Å². The van der Waals surface area contributed by atoms with Crippen LogP contribution in [0.25, 0.3) is 10.9 Å². The Morgan fingerprint density at radius 3 is 2.43 bits per heavy atom. The largest absolute Gasteiger partial charge is 1.00 e. The molecule has 1 aromatic carbocycles. The van der Waals surface area contributed by atoms with Crippen molar-refractivity contribution in [3.8, 4) is 5.75 Å².